The number of thiophene rings is 1. The number of thiocarbonyl (C=S) groups is 1. The highest BCUT2D eigenvalue weighted by Crippen LogP contribution is 2.34. The molecule has 0 radical (unpaired) electrons. The Kier molecular flexibility index (Phi) is 8.31. The topological polar surface area (TPSA) is 103 Å². The van der Waals surface area contributed by atoms with Crippen molar-refractivity contribution < 1.29 is 28.6 Å². The van der Waals surface area contributed by atoms with Gasteiger partial charge < -0.3 is 19.5 Å². The van der Waals surface area contributed by atoms with Gasteiger partial charge in [-0.3, -0.25) is 10.1 Å². The predicted molar refractivity (Wildman–Crippen MR) is 118 cm³/mol. The summed E-state index contributed by atoms with van der Waals surface area (Å²) in [5.41, 5.74) is 0.933. The largest absolute Gasteiger partial charge is 0.497 e. The first-order valence-electron chi connectivity index (χ1n) is 9.06. The first kappa shape index (κ1) is 23.3. The van der Waals surface area contributed by atoms with E-state index in [1.165, 1.54) is 7.11 Å². The standard InChI is InChI=1S/C20H22N2O6S2/c1-5-27-18(24)14-11(3)15(19(25)28-6-2)30-17(14)22-20(29)21-16(23)12-8-7-9-13(10-12)26-4/h7-10H,5-6H2,1-4H3,(H2,21,22,23,29). The van der Waals surface area contributed by atoms with E-state index in [0.29, 0.717) is 16.9 Å². The Hall–Kier alpha value is -2.98. The van der Waals surface area contributed by atoms with Crippen molar-refractivity contribution in [3.05, 3.63) is 45.8 Å². The maximum atomic E-state index is 12.4. The third-order valence-corrected chi connectivity index (χ3v) is 5.26. The van der Waals surface area contributed by atoms with Gasteiger partial charge in [0, 0.05) is 5.56 Å². The Morgan fingerprint density at radius 3 is 2.40 bits per heavy atom. The van der Waals surface area contributed by atoms with E-state index < -0.39 is 17.8 Å². The van der Waals surface area contributed by atoms with Crippen LogP contribution in [0.25, 0.3) is 0 Å². The summed E-state index contributed by atoms with van der Waals surface area (Å²) in [5, 5.41) is 5.60. The lowest BCUT2D eigenvalue weighted by Gasteiger charge is -2.10. The van der Waals surface area contributed by atoms with Crippen LogP contribution in [0.1, 0.15) is 49.8 Å². The Bertz CT molecular complexity index is 970. The summed E-state index contributed by atoms with van der Waals surface area (Å²) in [4.78, 5) is 37.3. The number of esters is 2. The number of carbonyl (C=O) groups excluding carboxylic acids is 3. The molecule has 1 aromatic heterocycles. The van der Waals surface area contributed by atoms with Crippen molar-refractivity contribution in [3.63, 3.8) is 0 Å². The fraction of sp³-hybridized carbons (Fsp3) is 0.300. The van der Waals surface area contributed by atoms with Gasteiger partial charge in [0.1, 0.15) is 15.6 Å². The van der Waals surface area contributed by atoms with E-state index >= 15 is 0 Å². The molecule has 1 amide bonds. The van der Waals surface area contributed by atoms with Crippen LogP contribution in [-0.2, 0) is 9.47 Å². The molecule has 2 rings (SSSR count). The second kappa shape index (κ2) is 10.7. The highest BCUT2D eigenvalue weighted by atomic mass is 32.1. The van der Waals surface area contributed by atoms with Crippen LogP contribution in [0.2, 0.25) is 0 Å². The molecule has 0 atom stereocenters. The van der Waals surface area contributed by atoms with Crippen molar-refractivity contribution in [2.24, 2.45) is 0 Å². The zero-order valence-electron chi connectivity index (χ0n) is 17.0. The number of hydrogen-bond acceptors (Lipinski definition) is 8. The van der Waals surface area contributed by atoms with E-state index in [0.717, 1.165) is 11.3 Å². The number of amides is 1. The Morgan fingerprint density at radius 1 is 1.10 bits per heavy atom. The van der Waals surface area contributed by atoms with Gasteiger partial charge in [0.25, 0.3) is 5.91 Å². The minimum atomic E-state index is -0.605. The second-order valence-corrected chi connectivity index (χ2v) is 7.27. The Balaban J connectivity index is 2.25. The number of ether oxygens (including phenoxy) is 3. The van der Waals surface area contributed by atoms with Gasteiger partial charge in [0.15, 0.2) is 5.11 Å². The zero-order chi connectivity index (χ0) is 22.3. The molecule has 10 heteroatoms. The molecular weight excluding hydrogens is 428 g/mol. The molecule has 0 fully saturated rings. The van der Waals surface area contributed by atoms with Gasteiger partial charge in [-0.2, -0.15) is 0 Å². The first-order chi connectivity index (χ1) is 14.3. The van der Waals surface area contributed by atoms with Gasteiger partial charge >= 0.3 is 11.9 Å². The number of hydrogen-bond donors (Lipinski definition) is 2. The maximum Gasteiger partial charge on any atom is 0.348 e. The van der Waals surface area contributed by atoms with Crippen molar-refractivity contribution in [2.45, 2.75) is 20.8 Å². The van der Waals surface area contributed by atoms with E-state index in [9.17, 15) is 14.4 Å². The van der Waals surface area contributed by atoms with Crippen molar-refractivity contribution >= 4 is 51.5 Å². The van der Waals surface area contributed by atoms with E-state index in [4.69, 9.17) is 26.4 Å². The van der Waals surface area contributed by atoms with Crippen LogP contribution in [0, 0.1) is 6.92 Å². The molecule has 0 saturated carbocycles. The quantitative estimate of drug-likeness (QED) is 0.488. The number of nitrogens with one attached hydrogen (secondary N) is 2. The van der Waals surface area contributed by atoms with Crippen LogP contribution in [-0.4, -0.2) is 43.3 Å². The summed E-state index contributed by atoms with van der Waals surface area (Å²) in [5.74, 6) is -1.08. The predicted octanol–water partition coefficient (Wildman–Crippen LogP) is 3.55. The number of methoxy groups -OCH3 is 1. The van der Waals surface area contributed by atoms with E-state index in [-0.39, 0.29) is 33.8 Å². The minimum absolute atomic E-state index is 0.0370. The number of benzene rings is 1. The second-order valence-electron chi connectivity index (χ2n) is 5.84. The van der Waals surface area contributed by atoms with Gasteiger partial charge in [0.05, 0.1) is 25.9 Å². The summed E-state index contributed by atoms with van der Waals surface area (Å²) in [7, 11) is 1.50. The average molecular weight is 451 g/mol. The lowest BCUT2D eigenvalue weighted by atomic mass is 10.1. The molecule has 2 N–H and O–H groups in total. The van der Waals surface area contributed by atoms with E-state index in [1.54, 1.807) is 45.0 Å². The molecule has 0 bridgehead atoms. The molecule has 30 heavy (non-hydrogen) atoms. The third-order valence-electron chi connectivity index (χ3n) is 3.87. The summed E-state index contributed by atoms with van der Waals surface area (Å²) in [6.07, 6.45) is 0. The molecular formula is C20H22N2O6S2. The molecule has 0 unspecified atom stereocenters. The monoisotopic (exact) mass is 450 g/mol. The van der Waals surface area contributed by atoms with Crippen LogP contribution in [0.15, 0.2) is 24.3 Å². The number of rotatable bonds is 7. The van der Waals surface area contributed by atoms with E-state index in [2.05, 4.69) is 10.6 Å². The minimum Gasteiger partial charge on any atom is -0.497 e. The van der Waals surface area contributed by atoms with Crippen LogP contribution in [0.4, 0.5) is 5.00 Å². The van der Waals surface area contributed by atoms with Crippen LogP contribution in [0.5, 0.6) is 5.75 Å². The van der Waals surface area contributed by atoms with Gasteiger partial charge in [0.2, 0.25) is 0 Å². The molecule has 1 heterocycles. The maximum absolute atomic E-state index is 12.4. The highest BCUT2D eigenvalue weighted by Gasteiger charge is 2.27. The molecule has 0 aliphatic rings. The molecule has 160 valence electrons. The molecule has 8 nitrogen and oxygen atoms in total. The average Bonchev–Trinajstić information content (AvgIpc) is 3.04. The summed E-state index contributed by atoms with van der Waals surface area (Å²) in [6.45, 7) is 5.35. The molecule has 0 aliphatic heterocycles. The van der Waals surface area contributed by atoms with Crippen LogP contribution in [0.3, 0.4) is 0 Å². The van der Waals surface area contributed by atoms with Gasteiger partial charge in [-0.1, -0.05) is 6.07 Å². The van der Waals surface area contributed by atoms with Gasteiger partial charge in [-0.05, 0) is 56.8 Å². The Labute approximate surface area is 183 Å². The smallest absolute Gasteiger partial charge is 0.348 e. The molecule has 1 aromatic carbocycles. The summed E-state index contributed by atoms with van der Waals surface area (Å²) >= 11 is 6.22. The van der Waals surface area contributed by atoms with Crippen molar-refractivity contribution in [3.8, 4) is 5.75 Å². The SMILES string of the molecule is CCOC(=O)c1sc(NC(=S)NC(=O)c2cccc(OC)c2)c(C(=O)OCC)c1C. The molecule has 0 spiro atoms. The van der Waals surface area contributed by atoms with Crippen molar-refractivity contribution in [1.82, 2.24) is 5.32 Å². The zero-order valence-corrected chi connectivity index (χ0v) is 18.6. The normalized spacial score (nSPS) is 10.1. The fourth-order valence-corrected chi connectivity index (χ4v) is 3.87. The van der Waals surface area contributed by atoms with Gasteiger partial charge in [-0.15, -0.1) is 11.3 Å². The lowest BCUT2D eigenvalue weighted by Crippen LogP contribution is -2.34. The Morgan fingerprint density at radius 2 is 1.77 bits per heavy atom. The van der Waals surface area contributed by atoms with Crippen molar-refractivity contribution in [1.29, 1.82) is 0 Å². The highest BCUT2D eigenvalue weighted by molar-refractivity contribution is 7.80. The fourth-order valence-electron chi connectivity index (χ4n) is 2.52. The number of carbonyl (C=O) groups is 3. The van der Waals surface area contributed by atoms with E-state index in [1.807, 2.05) is 0 Å². The summed E-state index contributed by atoms with van der Waals surface area (Å²) in [6, 6.07) is 6.57. The number of anilines is 1. The molecule has 2 aromatic rings. The summed E-state index contributed by atoms with van der Waals surface area (Å²) < 4.78 is 15.2. The third kappa shape index (κ3) is 5.55. The molecule has 0 saturated heterocycles. The van der Waals surface area contributed by atoms with Crippen LogP contribution >= 0.6 is 23.6 Å². The molecule has 0 aliphatic carbocycles. The van der Waals surface area contributed by atoms with Gasteiger partial charge in [-0.25, -0.2) is 9.59 Å². The van der Waals surface area contributed by atoms with Crippen LogP contribution < -0.4 is 15.4 Å². The first-order valence-corrected chi connectivity index (χ1v) is 10.3. The van der Waals surface area contributed by atoms with Crippen molar-refractivity contribution in [2.75, 3.05) is 25.6 Å². The lowest BCUT2D eigenvalue weighted by molar-refractivity contribution is 0.0527.